The molecule has 0 spiro atoms. The van der Waals surface area contributed by atoms with Crippen LogP contribution in [-0.2, 0) is 24.5 Å². The zero-order valence-corrected chi connectivity index (χ0v) is 17.9. The molecule has 2 aromatic carbocycles. The van der Waals surface area contributed by atoms with Crippen LogP contribution in [0.3, 0.4) is 0 Å². The molecule has 2 amide bonds. The van der Waals surface area contributed by atoms with Gasteiger partial charge < -0.3 is 15.0 Å². The van der Waals surface area contributed by atoms with Crippen LogP contribution >= 0.6 is 0 Å². The first-order valence-electron chi connectivity index (χ1n) is 10.1. The minimum absolute atomic E-state index is 0.0310. The van der Waals surface area contributed by atoms with Crippen molar-refractivity contribution in [1.82, 2.24) is 0 Å². The molecule has 1 aliphatic heterocycles. The van der Waals surface area contributed by atoms with E-state index in [0.29, 0.717) is 5.69 Å². The maximum atomic E-state index is 12.4. The quantitative estimate of drug-likeness (QED) is 0.763. The van der Waals surface area contributed by atoms with E-state index in [-0.39, 0.29) is 30.9 Å². The molecule has 3 rings (SSSR count). The number of hydrogen-bond acceptors (Lipinski definition) is 4. The second kappa shape index (κ2) is 8.69. The maximum Gasteiger partial charge on any atom is 0.311 e. The van der Waals surface area contributed by atoms with E-state index in [0.717, 1.165) is 16.8 Å². The van der Waals surface area contributed by atoms with Crippen molar-refractivity contribution in [1.29, 1.82) is 0 Å². The Balaban J connectivity index is 1.50. The number of benzene rings is 2. The molecule has 0 aliphatic carbocycles. The number of rotatable bonds is 5. The Morgan fingerprint density at radius 1 is 1.07 bits per heavy atom. The molecule has 1 N–H and O–H groups in total. The fourth-order valence-corrected chi connectivity index (χ4v) is 3.34. The molecular weight excluding hydrogens is 380 g/mol. The number of carbonyl (C=O) groups is 3. The highest BCUT2D eigenvalue weighted by Gasteiger charge is 2.36. The third-order valence-electron chi connectivity index (χ3n) is 5.18. The van der Waals surface area contributed by atoms with Crippen molar-refractivity contribution < 1.29 is 19.1 Å². The second-order valence-corrected chi connectivity index (χ2v) is 8.72. The first kappa shape index (κ1) is 21.6. The average Bonchev–Trinajstić information content (AvgIpc) is 3.08. The zero-order valence-electron chi connectivity index (χ0n) is 17.9. The lowest BCUT2D eigenvalue weighted by atomic mass is 9.87. The lowest BCUT2D eigenvalue weighted by Gasteiger charge is -2.19. The third kappa shape index (κ3) is 5.26. The van der Waals surface area contributed by atoms with E-state index in [9.17, 15) is 14.4 Å². The molecule has 1 aliphatic rings. The molecule has 6 nitrogen and oxygen atoms in total. The fraction of sp³-hybridized carbons (Fsp3) is 0.375. The Kier molecular flexibility index (Phi) is 6.25. The summed E-state index contributed by atoms with van der Waals surface area (Å²) >= 11 is 0. The fourth-order valence-electron chi connectivity index (χ4n) is 3.34. The molecule has 0 saturated carbocycles. The van der Waals surface area contributed by atoms with Gasteiger partial charge in [0.05, 0.1) is 5.92 Å². The topological polar surface area (TPSA) is 75.7 Å². The van der Waals surface area contributed by atoms with Crippen LogP contribution in [0.4, 0.5) is 11.4 Å². The summed E-state index contributed by atoms with van der Waals surface area (Å²) < 4.78 is 5.16. The van der Waals surface area contributed by atoms with Gasteiger partial charge in [-0.3, -0.25) is 14.4 Å². The number of hydrogen-bond donors (Lipinski definition) is 1. The molecule has 1 heterocycles. The van der Waals surface area contributed by atoms with Gasteiger partial charge in [0.25, 0.3) is 5.91 Å². The normalized spacial score (nSPS) is 16.5. The summed E-state index contributed by atoms with van der Waals surface area (Å²) in [6.07, 6.45) is 0.0859. The Morgan fingerprint density at radius 3 is 2.30 bits per heavy atom. The second-order valence-electron chi connectivity index (χ2n) is 8.72. The molecule has 0 bridgehead atoms. The number of esters is 1. The number of nitrogens with zero attached hydrogens (tertiary/aromatic N) is 1. The molecule has 1 fully saturated rings. The molecule has 1 saturated heterocycles. The van der Waals surface area contributed by atoms with Crippen LogP contribution in [0.15, 0.2) is 48.5 Å². The lowest BCUT2D eigenvalue weighted by molar-refractivity contribution is -0.151. The average molecular weight is 408 g/mol. The molecule has 0 aromatic heterocycles. The Bertz CT molecular complexity index is 927. The van der Waals surface area contributed by atoms with E-state index in [1.807, 2.05) is 55.5 Å². The zero-order chi connectivity index (χ0) is 21.9. The molecule has 0 unspecified atom stereocenters. The Labute approximate surface area is 177 Å². The molecule has 30 heavy (non-hydrogen) atoms. The van der Waals surface area contributed by atoms with Gasteiger partial charge in [-0.05, 0) is 42.2 Å². The summed E-state index contributed by atoms with van der Waals surface area (Å²) in [4.78, 5) is 38.4. The van der Waals surface area contributed by atoms with Crippen molar-refractivity contribution >= 4 is 29.2 Å². The predicted octanol–water partition coefficient (Wildman–Crippen LogP) is 3.83. The molecule has 0 radical (unpaired) electrons. The summed E-state index contributed by atoms with van der Waals surface area (Å²) in [5.41, 5.74) is 3.70. The van der Waals surface area contributed by atoms with Crippen LogP contribution in [0.5, 0.6) is 0 Å². The van der Waals surface area contributed by atoms with Crippen LogP contribution < -0.4 is 10.2 Å². The van der Waals surface area contributed by atoms with Gasteiger partial charge in [-0.15, -0.1) is 0 Å². The highest BCUT2D eigenvalue weighted by atomic mass is 16.5. The lowest BCUT2D eigenvalue weighted by Crippen LogP contribution is -2.28. The summed E-state index contributed by atoms with van der Waals surface area (Å²) in [7, 11) is 0. The number of anilines is 2. The first-order chi connectivity index (χ1) is 14.1. The third-order valence-corrected chi connectivity index (χ3v) is 5.18. The number of nitrogens with one attached hydrogen (secondary N) is 1. The van der Waals surface area contributed by atoms with Crippen molar-refractivity contribution in [3.63, 3.8) is 0 Å². The highest BCUT2D eigenvalue weighted by Crippen LogP contribution is 2.26. The standard InChI is InChI=1S/C24H28N2O4/c1-16-5-11-20(12-6-16)26-14-17(13-22(26)28)23(29)30-15-21(27)25-19-9-7-18(8-10-19)24(2,3)4/h5-12,17H,13-15H2,1-4H3,(H,25,27)/t17-/m1/s1. The first-order valence-corrected chi connectivity index (χ1v) is 10.1. The van der Waals surface area contributed by atoms with Crippen molar-refractivity contribution in [2.24, 2.45) is 5.92 Å². The smallest absolute Gasteiger partial charge is 0.311 e. The van der Waals surface area contributed by atoms with Gasteiger partial charge in [0.1, 0.15) is 0 Å². The predicted molar refractivity (Wildman–Crippen MR) is 116 cm³/mol. The van der Waals surface area contributed by atoms with E-state index in [4.69, 9.17) is 4.74 Å². The number of aryl methyl sites for hydroxylation is 1. The number of carbonyl (C=O) groups excluding carboxylic acids is 3. The van der Waals surface area contributed by atoms with Crippen LogP contribution in [0.25, 0.3) is 0 Å². The van der Waals surface area contributed by atoms with Gasteiger partial charge in [-0.1, -0.05) is 50.6 Å². The van der Waals surface area contributed by atoms with Gasteiger partial charge in [-0.25, -0.2) is 0 Å². The minimum atomic E-state index is -0.572. The number of ether oxygens (including phenoxy) is 1. The van der Waals surface area contributed by atoms with E-state index in [1.165, 1.54) is 0 Å². The van der Waals surface area contributed by atoms with Crippen molar-refractivity contribution in [3.05, 3.63) is 59.7 Å². The van der Waals surface area contributed by atoms with Gasteiger partial charge in [0.2, 0.25) is 5.91 Å². The van der Waals surface area contributed by atoms with Gasteiger partial charge >= 0.3 is 5.97 Å². The van der Waals surface area contributed by atoms with Crippen LogP contribution in [0, 0.1) is 12.8 Å². The van der Waals surface area contributed by atoms with Crippen LogP contribution in [-0.4, -0.2) is 30.9 Å². The molecule has 2 aromatic rings. The SMILES string of the molecule is Cc1ccc(N2C[C@H](C(=O)OCC(=O)Nc3ccc(C(C)(C)C)cc3)CC2=O)cc1. The molecular formula is C24H28N2O4. The number of amides is 2. The van der Waals surface area contributed by atoms with Crippen LogP contribution in [0.2, 0.25) is 0 Å². The van der Waals surface area contributed by atoms with E-state index in [2.05, 4.69) is 26.1 Å². The summed E-state index contributed by atoms with van der Waals surface area (Å²) in [6.45, 7) is 8.21. The van der Waals surface area contributed by atoms with Gasteiger partial charge in [0, 0.05) is 24.3 Å². The summed E-state index contributed by atoms with van der Waals surface area (Å²) in [5, 5.41) is 2.72. The Morgan fingerprint density at radius 2 is 1.70 bits per heavy atom. The van der Waals surface area contributed by atoms with E-state index < -0.39 is 17.8 Å². The van der Waals surface area contributed by atoms with Gasteiger partial charge in [-0.2, -0.15) is 0 Å². The molecule has 158 valence electrons. The molecule has 6 heteroatoms. The van der Waals surface area contributed by atoms with E-state index in [1.54, 1.807) is 4.90 Å². The van der Waals surface area contributed by atoms with Gasteiger partial charge in [0.15, 0.2) is 6.61 Å². The summed E-state index contributed by atoms with van der Waals surface area (Å²) in [6, 6.07) is 15.2. The largest absolute Gasteiger partial charge is 0.455 e. The summed E-state index contributed by atoms with van der Waals surface area (Å²) in [5.74, 6) is -1.63. The van der Waals surface area contributed by atoms with E-state index >= 15 is 0 Å². The minimum Gasteiger partial charge on any atom is -0.455 e. The van der Waals surface area contributed by atoms with Crippen LogP contribution in [0.1, 0.15) is 38.3 Å². The van der Waals surface area contributed by atoms with Crippen molar-refractivity contribution in [3.8, 4) is 0 Å². The Hall–Kier alpha value is -3.15. The highest BCUT2D eigenvalue weighted by molar-refractivity contribution is 6.00. The molecule has 1 atom stereocenters. The maximum absolute atomic E-state index is 12.4. The van der Waals surface area contributed by atoms with Crippen molar-refractivity contribution in [2.45, 2.75) is 39.5 Å². The van der Waals surface area contributed by atoms with Crippen molar-refractivity contribution in [2.75, 3.05) is 23.4 Å². The monoisotopic (exact) mass is 408 g/mol.